The van der Waals surface area contributed by atoms with E-state index in [9.17, 15) is 18.0 Å². The summed E-state index contributed by atoms with van der Waals surface area (Å²) in [6, 6.07) is 1.80. The fourth-order valence-corrected chi connectivity index (χ4v) is 1.56. The van der Waals surface area contributed by atoms with Crippen molar-refractivity contribution in [3.8, 4) is 5.75 Å². The molecule has 0 aliphatic carbocycles. The number of hydrogen-bond acceptors (Lipinski definition) is 2. The summed E-state index contributed by atoms with van der Waals surface area (Å²) in [5, 5.41) is 0. The molecule has 82 valence electrons. The van der Waals surface area contributed by atoms with Crippen LogP contribution in [0.2, 0.25) is 0 Å². The van der Waals surface area contributed by atoms with E-state index in [1.807, 2.05) is 0 Å². The topological polar surface area (TPSA) is 26.3 Å². The third-order valence-electron chi connectivity index (χ3n) is 1.59. The lowest BCUT2D eigenvalue weighted by Crippen LogP contribution is -2.07. The zero-order valence-corrected chi connectivity index (χ0v) is 9.15. The lowest BCUT2D eigenvalue weighted by molar-refractivity contribution is -0.0507. The molecule has 0 amide bonds. The molecule has 0 fully saturated rings. The molecule has 1 aromatic carbocycles. The molecular formula is C9H6BrF3O2. The van der Waals surface area contributed by atoms with Gasteiger partial charge in [-0.3, -0.25) is 4.79 Å². The van der Waals surface area contributed by atoms with Crippen molar-refractivity contribution in [2.24, 2.45) is 0 Å². The Morgan fingerprint density at radius 3 is 2.53 bits per heavy atom. The molecule has 1 aromatic rings. The third-order valence-corrected chi connectivity index (χ3v) is 2.18. The average Bonchev–Trinajstić information content (AvgIpc) is 2.08. The smallest absolute Gasteiger partial charge is 0.387 e. The van der Waals surface area contributed by atoms with Crippen LogP contribution >= 0.6 is 15.9 Å². The van der Waals surface area contributed by atoms with Gasteiger partial charge in [-0.2, -0.15) is 8.78 Å². The second-order valence-corrected chi connectivity index (χ2v) is 3.55. The van der Waals surface area contributed by atoms with Gasteiger partial charge in [0.2, 0.25) is 0 Å². The predicted molar refractivity (Wildman–Crippen MR) is 50.7 cm³/mol. The molecular weight excluding hydrogens is 277 g/mol. The maximum atomic E-state index is 12.9. The van der Waals surface area contributed by atoms with E-state index in [0.29, 0.717) is 0 Å². The van der Waals surface area contributed by atoms with E-state index in [-0.39, 0.29) is 15.8 Å². The molecule has 0 heterocycles. The summed E-state index contributed by atoms with van der Waals surface area (Å²) in [6.07, 6.45) is 0. The number of ether oxygens (including phenoxy) is 1. The minimum atomic E-state index is -3.06. The van der Waals surface area contributed by atoms with Gasteiger partial charge in [-0.15, -0.1) is 0 Å². The van der Waals surface area contributed by atoms with Crippen LogP contribution in [-0.2, 0) is 0 Å². The first-order valence-corrected chi connectivity index (χ1v) is 4.66. The van der Waals surface area contributed by atoms with E-state index in [4.69, 9.17) is 0 Å². The zero-order chi connectivity index (χ0) is 11.6. The lowest BCUT2D eigenvalue weighted by Gasteiger charge is -2.10. The first-order valence-electron chi connectivity index (χ1n) is 3.86. The molecule has 0 saturated heterocycles. The highest BCUT2D eigenvalue weighted by Gasteiger charge is 2.17. The van der Waals surface area contributed by atoms with Crippen molar-refractivity contribution in [3.05, 3.63) is 28.0 Å². The summed E-state index contributed by atoms with van der Waals surface area (Å²) in [5.41, 5.74) is -0.220. The fourth-order valence-electron chi connectivity index (χ4n) is 1.03. The Hall–Kier alpha value is -1.04. The summed E-state index contributed by atoms with van der Waals surface area (Å²) in [7, 11) is 0. The molecule has 1 rings (SSSR count). The summed E-state index contributed by atoms with van der Waals surface area (Å²) in [4.78, 5) is 11.0. The van der Waals surface area contributed by atoms with Crippen LogP contribution in [0.1, 0.15) is 17.3 Å². The molecule has 0 saturated carbocycles. The number of alkyl halides is 2. The van der Waals surface area contributed by atoms with Crippen LogP contribution < -0.4 is 4.74 Å². The number of hydrogen-bond donors (Lipinski definition) is 0. The van der Waals surface area contributed by atoms with Gasteiger partial charge in [0, 0.05) is 0 Å². The second-order valence-electron chi connectivity index (χ2n) is 2.70. The summed E-state index contributed by atoms with van der Waals surface area (Å²) in [5.74, 6) is -1.60. The molecule has 0 unspecified atom stereocenters. The van der Waals surface area contributed by atoms with E-state index in [1.165, 1.54) is 0 Å². The summed E-state index contributed by atoms with van der Waals surface area (Å²) < 4.78 is 41.0. The van der Waals surface area contributed by atoms with Gasteiger partial charge in [-0.05, 0) is 35.0 Å². The standard InChI is InChI=1S/C9H6BrF3O2/c1-4(14)6-2-5(11)3-7(10)8(6)15-9(12)13/h2-3,9H,1H3. The Morgan fingerprint density at radius 1 is 1.47 bits per heavy atom. The predicted octanol–water partition coefficient (Wildman–Crippen LogP) is 3.39. The Balaban J connectivity index is 3.27. The monoisotopic (exact) mass is 282 g/mol. The van der Waals surface area contributed by atoms with Crippen molar-refractivity contribution in [2.75, 3.05) is 0 Å². The second kappa shape index (κ2) is 4.65. The molecule has 0 aliphatic heterocycles. The van der Waals surface area contributed by atoms with E-state index >= 15 is 0 Å². The Bertz CT molecular complexity index is 393. The van der Waals surface area contributed by atoms with E-state index in [1.54, 1.807) is 0 Å². The quantitative estimate of drug-likeness (QED) is 0.795. The van der Waals surface area contributed by atoms with Gasteiger partial charge in [-0.25, -0.2) is 4.39 Å². The Labute approximate surface area is 92.2 Å². The highest BCUT2D eigenvalue weighted by atomic mass is 79.9. The van der Waals surface area contributed by atoms with Crippen LogP contribution in [-0.4, -0.2) is 12.4 Å². The van der Waals surface area contributed by atoms with Gasteiger partial charge >= 0.3 is 6.61 Å². The minimum Gasteiger partial charge on any atom is -0.433 e. The van der Waals surface area contributed by atoms with Gasteiger partial charge in [0.25, 0.3) is 0 Å². The zero-order valence-electron chi connectivity index (χ0n) is 7.56. The molecule has 0 aliphatic rings. The number of halogens is 4. The molecule has 0 aromatic heterocycles. The van der Waals surface area contributed by atoms with E-state index < -0.39 is 18.2 Å². The van der Waals surface area contributed by atoms with Crippen molar-refractivity contribution >= 4 is 21.7 Å². The van der Waals surface area contributed by atoms with Crippen LogP contribution in [0.5, 0.6) is 5.75 Å². The van der Waals surface area contributed by atoms with Gasteiger partial charge in [0.1, 0.15) is 5.82 Å². The Morgan fingerprint density at radius 2 is 2.07 bits per heavy atom. The van der Waals surface area contributed by atoms with Gasteiger partial charge in [0.05, 0.1) is 10.0 Å². The maximum Gasteiger partial charge on any atom is 0.387 e. The first-order chi connectivity index (χ1) is 6.91. The number of carbonyl (C=O) groups is 1. The molecule has 0 N–H and O–H groups in total. The van der Waals surface area contributed by atoms with Crippen LogP contribution in [0.3, 0.4) is 0 Å². The Kier molecular flexibility index (Phi) is 3.73. The third kappa shape index (κ3) is 2.95. The number of ketones is 1. The van der Waals surface area contributed by atoms with Gasteiger partial charge in [-0.1, -0.05) is 0 Å². The summed E-state index contributed by atoms with van der Waals surface area (Å²) >= 11 is 2.84. The van der Waals surface area contributed by atoms with E-state index in [0.717, 1.165) is 19.1 Å². The molecule has 15 heavy (non-hydrogen) atoms. The van der Waals surface area contributed by atoms with Crippen molar-refractivity contribution in [1.82, 2.24) is 0 Å². The van der Waals surface area contributed by atoms with Crippen LogP contribution in [0.15, 0.2) is 16.6 Å². The highest BCUT2D eigenvalue weighted by Crippen LogP contribution is 2.32. The largest absolute Gasteiger partial charge is 0.433 e. The van der Waals surface area contributed by atoms with E-state index in [2.05, 4.69) is 20.7 Å². The summed E-state index contributed by atoms with van der Waals surface area (Å²) in [6.45, 7) is -1.93. The molecule has 0 spiro atoms. The molecule has 6 heteroatoms. The average molecular weight is 283 g/mol. The van der Waals surface area contributed by atoms with Crippen LogP contribution in [0.4, 0.5) is 13.2 Å². The number of benzene rings is 1. The minimum absolute atomic E-state index is 0.0204. The normalized spacial score (nSPS) is 10.5. The fraction of sp³-hybridized carbons (Fsp3) is 0.222. The van der Waals surface area contributed by atoms with Crippen molar-refractivity contribution in [1.29, 1.82) is 0 Å². The molecule has 0 bridgehead atoms. The van der Waals surface area contributed by atoms with Crippen molar-refractivity contribution in [2.45, 2.75) is 13.5 Å². The number of carbonyl (C=O) groups excluding carboxylic acids is 1. The number of rotatable bonds is 3. The maximum absolute atomic E-state index is 12.9. The van der Waals surface area contributed by atoms with Gasteiger partial charge < -0.3 is 4.74 Å². The van der Waals surface area contributed by atoms with Gasteiger partial charge in [0.15, 0.2) is 11.5 Å². The van der Waals surface area contributed by atoms with Crippen LogP contribution in [0, 0.1) is 5.82 Å². The molecule has 2 nitrogen and oxygen atoms in total. The van der Waals surface area contributed by atoms with Crippen molar-refractivity contribution in [3.63, 3.8) is 0 Å². The molecule has 0 atom stereocenters. The SMILES string of the molecule is CC(=O)c1cc(F)cc(Br)c1OC(F)F. The highest BCUT2D eigenvalue weighted by molar-refractivity contribution is 9.10. The van der Waals surface area contributed by atoms with Crippen LogP contribution in [0.25, 0.3) is 0 Å². The lowest BCUT2D eigenvalue weighted by atomic mass is 10.1. The number of Topliss-reactive ketones (excluding diaryl/α,β-unsaturated/α-hetero) is 1. The van der Waals surface area contributed by atoms with Crippen molar-refractivity contribution < 1.29 is 22.7 Å². The molecule has 0 radical (unpaired) electrons. The first kappa shape index (κ1) is 12.0.